The molecule has 1 atom stereocenters. The molecule has 0 aromatic carbocycles. The zero-order valence-electron chi connectivity index (χ0n) is 11.7. The standard InChI is InChI=1S/C14H17N5OS/c20-14-7-10-3-1-5-12(10)16-19(14)9-11-4-2-6-18(11)13-8-15-21-17-13/h7-8,11H,1-6,9H2. The van der Waals surface area contributed by atoms with Crippen molar-refractivity contribution in [2.45, 2.75) is 44.7 Å². The van der Waals surface area contributed by atoms with Crippen LogP contribution in [0.15, 0.2) is 17.1 Å². The Morgan fingerprint density at radius 3 is 3.14 bits per heavy atom. The molecule has 3 heterocycles. The first-order chi connectivity index (χ1) is 10.3. The van der Waals surface area contributed by atoms with Crippen LogP contribution in [-0.2, 0) is 19.4 Å². The van der Waals surface area contributed by atoms with E-state index in [4.69, 9.17) is 0 Å². The first kappa shape index (κ1) is 12.9. The van der Waals surface area contributed by atoms with E-state index in [0.717, 1.165) is 55.7 Å². The summed E-state index contributed by atoms with van der Waals surface area (Å²) < 4.78 is 10.0. The van der Waals surface area contributed by atoms with Crippen molar-refractivity contribution in [3.63, 3.8) is 0 Å². The Labute approximate surface area is 126 Å². The number of hydrogen-bond acceptors (Lipinski definition) is 6. The third-order valence-electron chi connectivity index (χ3n) is 4.43. The first-order valence-corrected chi connectivity index (χ1v) is 8.18. The average Bonchev–Trinajstić information content (AvgIpc) is 3.18. The molecule has 6 nitrogen and oxygen atoms in total. The van der Waals surface area contributed by atoms with Crippen LogP contribution in [-0.4, -0.2) is 31.1 Å². The lowest BCUT2D eigenvalue weighted by Crippen LogP contribution is -2.37. The summed E-state index contributed by atoms with van der Waals surface area (Å²) in [4.78, 5) is 14.5. The molecule has 4 rings (SSSR count). The Hall–Kier alpha value is -1.76. The lowest BCUT2D eigenvalue weighted by Gasteiger charge is -2.24. The zero-order chi connectivity index (χ0) is 14.2. The molecule has 0 amide bonds. The van der Waals surface area contributed by atoms with Gasteiger partial charge in [-0.1, -0.05) is 0 Å². The van der Waals surface area contributed by atoms with Crippen LogP contribution < -0.4 is 10.5 Å². The summed E-state index contributed by atoms with van der Waals surface area (Å²) in [6.07, 6.45) is 7.12. The van der Waals surface area contributed by atoms with Gasteiger partial charge in [-0.05, 0) is 37.7 Å². The summed E-state index contributed by atoms with van der Waals surface area (Å²) in [5.41, 5.74) is 2.27. The molecular formula is C14H17N5OS. The number of rotatable bonds is 3. The van der Waals surface area contributed by atoms with Crippen LogP contribution in [0.2, 0.25) is 0 Å². The monoisotopic (exact) mass is 303 g/mol. The van der Waals surface area contributed by atoms with Crippen LogP contribution >= 0.6 is 11.7 Å². The average molecular weight is 303 g/mol. The van der Waals surface area contributed by atoms with Crippen molar-refractivity contribution in [1.82, 2.24) is 18.5 Å². The molecule has 1 aliphatic carbocycles. The Bertz CT molecular complexity index is 696. The Kier molecular flexibility index (Phi) is 3.21. The molecule has 21 heavy (non-hydrogen) atoms. The molecule has 1 unspecified atom stereocenters. The van der Waals surface area contributed by atoms with E-state index in [-0.39, 0.29) is 5.56 Å². The topological polar surface area (TPSA) is 63.9 Å². The lowest BCUT2D eigenvalue weighted by atomic mass is 10.2. The van der Waals surface area contributed by atoms with E-state index in [0.29, 0.717) is 12.6 Å². The number of nitrogens with zero attached hydrogens (tertiary/aromatic N) is 5. The highest BCUT2D eigenvalue weighted by Gasteiger charge is 2.27. The molecular weight excluding hydrogens is 286 g/mol. The highest BCUT2D eigenvalue weighted by molar-refractivity contribution is 6.99. The largest absolute Gasteiger partial charge is 0.350 e. The van der Waals surface area contributed by atoms with Gasteiger partial charge in [-0.25, -0.2) is 4.68 Å². The molecule has 0 spiro atoms. The van der Waals surface area contributed by atoms with Gasteiger partial charge in [0, 0.05) is 12.6 Å². The van der Waals surface area contributed by atoms with Crippen molar-refractivity contribution >= 4 is 17.5 Å². The fourth-order valence-electron chi connectivity index (χ4n) is 3.38. The van der Waals surface area contributed by atoms with Crippen molar-refractivity contribution < 1.29 is 0 Å². The summed E-state index contributed by atoms with van der Waals surface area (Å²) in [6.45, 7) is 1.62. The maximum Gasteiger partial charge on any atom is 0.267 e. The van der Waals surface area contributed by atoms with Gasteiger partial charge in [0.15, 0.2) is 5.82 Å². The summed E-state index contributed by atoms with van der Waals surface area (Å²) in [7, 11) is 0. The van der Waals surface area contributed by atoms with Gasteiger partial charge in [-0.3, -0.25) is 4.79 Å². The third-order valence-corrected chi connectivity index (χ3v) is 4.90. The first-order valence-electron chi connectivity index (χ1n) is 7.45. The molecule has 0 N–H and O–H groups in total. The number of hydrogen-bond donors (Lipinski definition) is 0. The Morgan fingerprint density at radius 1 is 1.33 bits per heavy atom. The molecule has 2 aromatic heterocycles. The highest BCUT2D eigenvalue weighted by atomic mass is 32.1. The van der Waals surface area contributed by atoms with Crippen LogP contribution in [0.4, 0.5) is 5.82 Å². The quantitative estimate of drug-likeness (QED) is 0.854. The summed E-state index contributed by atoms with van der Waals surface area (Å²) in [5.74, 6) is 0.928. The minimum absolute atomic E-state index is 0.0268. The molecule has 7 heteroatoms. The normalized spacial score (nSPS) is 21.0. The smallest absolute Gasteiger partial charge is 0.267 e. The van der Waals surface area contributed by atoms with E-state index >= 15 is 0 Å². The molecule has 0 saturated carbocycles. The fraction of sp³-hybridized carbons (Fsp3) is 0.571. The van der Waals surface area contributed by atoms with Gasteiger partial charge in [-0.15, -0.1) is 0 Å². The second kappa shape index (κ2) is 5.22. The van der Waals surface area contributed by atoms with Crippen LogP contribution in [0.1, 0.15) is 30.5 Å². The van der Waals surface area contributed by atoms with Crippen LogP contribution in [0.5, 0.6) is 0 Å². The van der Waals surface area contributed by atoms with Crippen molar-refractivity contribution in [2.24, 2.45) is 0 Å². The van der Waals surface area contributed by atoms with E-state index in [1.54, 1.807) is 10.7 Å². The molecule has 1 saturated heterocycles. The van der Waals surface area contributed by atoms with Crippen LogP contribution in [0.25, 0.3) is 0 Å². The van der Waals surface area contributed by atoms with E-state index in [2.05, 4.69) is 18.7 Å². The van der Waals surface area contributed by atoms with E-state index in [9.17, 15) is 4.79 Å². The number of aryl methyl sites for hydroxylation is 2. The minimum atomic E-state index is 0.0268. The predicted molar refractivity (Wildman–Crippen MR) is 80.8 cm³/mol. The molecule has 0 bridgehead atoms. The summed E-state index contributed by atoms with van der Waals surface area (Å²) in [5, 5.41) is 4.58. The second-order valence-electron chi connectivity index (χ2n) is 5.75. The van der Waals surface area contributed by atoms with Gasteiger partial charge in [0.1, 0.15) is 0 Å². The van der Waals surface area contributed by atoms with Gasteiger partial charge < -0.3 is 4.90 Å². The zero-order valence-corrected chi connectivity index (χ0v) is 12.6. The molecule has 0 radical (unpaired) electrons. The number of aromatic nitrogens is 4. The van der Waals surface area contributed by atoms with Crippen molar-refractivity contribution in [1.29, 1.82) is 0 Å². The van der Waals surface area contributed by atoms with Crippen molar-refractivity contribution in [2.75, 3.05) is 11.4 Å². The summed E-state index contributed by atoms with van der Waals surface area (Å²) >= 11 is 1.23. The highest BCUT2D eigenvalue weighted by Crippen LogP contribution is 2.25. The molecule has 1 aliphatic heterocycles. The maximum atomic E-state index is 12.2. The van der Waals surface area contributed by atoms with E-state index in [1.165, 1.54) is 11.7 Å². The lowest BCUT2D eigenvalue weighted by molar-refractivity contribution is 0.482. The molecule has 2 aliphatic rings. The second-order valence-corrected chi connectivity index (χ2v) is 6.30. The van der Waals surface area contributed by atoms with Gasteiger partial charge in [0.25, 0.3) is 5.56 Å². The predicted octanol–water partition coefficient (Wildman–Crippen LogP) is 1.25. The molecule has 1 fully saturated rings. The molecule has 110 valence electrons. The molecule has 2 aromatic rings. The van der Waals surface area contributed by atoms with E-state index < -0.39 is 0 Å². The van der Waals surface area contributed by atoms with Gasteiger partial charge in [-0.2, -0.15) is 13.8 Å². The number of anilines is 1. The SMILES string of the molecule is O=c1cc2c(nn1CC1CCCN1c1cnsn1)CCC2. The van der Waals surface area contributed by atoms with Gasteiger partial charge in [0.05, 0.1) is 36.2 Å². The van der Waals surface area contributed by atoms with Crippen molar-refractivity contribution in [3.05, 3.63) is 33.9 Å². The Balaban J connectivity index is 1.60. The van der Waals surface area contributed by atoms with Gasteiger partial charge in [0.2, 0.25) is 0 Å². The Morgan fingerprint density at radius 2 is 2.29 bits per heavy atom. The number of fused-ring (bicyclic) bond motifs is 1. The summed E-state index contributed by atoms with van der Waals surface area (Å²) in [6, 6.07) is 2.07. The fourth-order valence-corrected chi connectivity index (χ4v) is 3.81. The van der Waals surface area contributed by atoms with Crippen LogP contribution in [0, 0.1) is 0 Å². The third kappa shape index (κ3) is 2.35. The minimum Gasteiger partial charge on any atom is -0.350 e. The van der Waals surface area contributed by atoms with Crippen molar-refractivity contribution in [3.8, 4) is 0 Å². The maximum absolute atomic E-state index is 12.2. The van der Waals surface area contributed by atoms with E-state index in [1.807, 2.05) is 6.20 Å². The van der Waals surface area contributed by atoms with Gasteiger partial charge >= 0.3 is 0 Å². The van der Waals surface area contributed by atoms with Crippen LogP contribution in [0.3, 0.4) is 0 Å².